The van der Waals surface area contributed by atoms with Gasteiger partial charge < -0.3 is 19.9 Å². The predicted molar refractivity (Wildman–Crippen MR) is 77.8 cm³/mol. The lowest BCUT2D eigenvalue weighted by molar-refractivity contribution is 0.174. The number of aromatic hydroxyl groups is 1. The molecule has 0 fully saturated rings. The number of hydrogen-bond acceptors (Lipinski definition) is 4. The lowest BCUT2D eigenvalue weighted by Crippen LogP contribution is -2.33. The first-order valence-corrected chi connectivity index (χ1v) is 7.32. The van der Waals surface area contributed by atoms with Gasteiger partial charge in [-0.25, -0.2) is 0 Å². The van der Waals surface area contributed by atoms with E-state index in [1.807, 2.05) is 12.1 Å². The van der Waals surface area contributed by atoms with Gasteiger partial charge in [0.05, 0.1) is 0 Å². The van der Waals surface area contributed by atoms with Crippen LogP contribution in [0.1, 0.15) is 22.7 Å². The lowest BCUT2D eigenvalue weighted by atomic mass is 9.77. The summed E-state index contributed by atoms with van der Waals surface area (Å²) in [5, 5.41) is 13.5. The zero-order valence-corrected chi connectivity index (χ0v) is 11.5. The molecule has 0 spiro atoms. The second-order valence-corrected chi connectivity index (χ2v) is 5.86. The zero-order chi connectivity index (χ0) is 14.0. The molecule has 4 nitrogen and oxygen atoms in total. The number of phenolic OH excluding ortho intramolecular Hbond substituents is 1. The Balaban J connectivity index is 1.89. The third kappa shape index (κ3) is 1.48. The standard InChI is InChI=1S/C17H15NO3/c19-11-2-1-9-5-13-15-10(3-4-18-13)6-14-17(21-8-20-14)16(15)12(9)7-11/h1-2,6-7,13,18-19H,3-5,8H2/t13-/m0/s1. The van der Waals surface area contributed by atoms with Gasteiger partial charge in [-0.2, -0.15) is 0 Å². The molecule has 0 radical (unpaired) electrons. The first-order chi connectivity index (χ1) is 10.3. The van der Waals surface area contributed by atoms with Crippen LogP contribution < -0.4 is 14.8 Å². The molecule has 3 aliphatic rings. The topological polar surface area (TPSA) is 50.7 Å². The summed E-state index contributed by atoms with van der Waals surface area (Å²) in [6.45, 7) is 1.27. The molecule has 2 aliphatic heterocycles. The molecule has 0 saturated carbocycles. The summed E-state index contributed by atoms with van der Waals surface area (Å²) < 4.78 is 11.3. The van der Waals surface area contributed by atoms with Crippen molar-refractivity contribution in [3.05, 3.63) is 41.0 Å². The molecule has 2 heterocycles. The number of benzene rings is 2. The van der Waals surface area contributed by atoms with Crippen LogP contribution in [0.2, 0.25) is 0 Å². The molecule has 0 aromatic heterocycles. The van der Waals surface area contributed by atoms with Gasteiger partial charge in [-0.15, -0.1) is 0 Å². The van der Waals surface area contributed by atoms with E-state index in [9.17, 15) is 5.11 Å². The maximum atomic E-state index is 9.88. The molecular weight excluding hydrogens is 266 g/mol. The quantitative estimate of drug-likeness (QED) is 0.779. The molecule has 0 amide bonds. The minimum Gasteiger partial charge on any atom is -0.508 e. The van der Waals surface area contributed by atoms with E-state index < -0.39 is 0 Å². The highest BCUT2D eigenvalue weighted by atomic mass is 16.7. The molecule has 0 saturated heterocycles. The van der Waals surface area contributed by atoms with Crippen molar-refractivity contribution >= 4 is 0 Å². The van der Waals surface area contributed by atoms with Crippen molar-refractivity contribution < 1.29 is 14.6 Å². The molecule has 1 atom stereocenters. The highest BCUT2D eigenvalue weighted by molar-refractivity contribution is 5.84. The Bertz CT molecular complexity index is 769. The summed E-state index contributed by atoms with van der Waals surface area (Å²) in [5.74, 6) is 1.95. The van der Waals surface area contributed by atoms with Gasteiger partial charge in [-0.05, 0) is 59.8 Å². The number of hydrogen-bond donors (Lipinski definition) is 2. The van der Waals surface area contributed by atoms with Gasteiger partial charge in [0.25, 0.3) is 0 Å². The molecule has 1 aliphatic carbocycles. The number of rotatable bonds is 0. The normalized spacial score (nSPS) is 20.9. The Morgan fingerprint density at radius 2 is 2.10 bits per heavy atom. The van der Waals surface area contributed by atoms with E-state index in [2.05, 4.69) is 11.4 Å². The smallest absolute Gasteiger partial charge is 0.231 e. The number of fused-ring (bicyclic) bond motifs is 4. The van der Waals surface area contributed by atoms with Gasteiger partial charge >= 0.3 is 0 Å². The second kappa shape index (κ2) is 3.92. The van der Waals surface area contributed by atoms with Gasteiger partial charge in [-0.1, -0.05) is 6.07 Å². The minimum absolute atomic E-state index is 0.275. The molecular formula is C17H15NO3. The fourth-order valence-corrected chi connectivity index (χ4v) is 3.83. The molecule has 5 rings (SSSR count). The van der Waals surface area contributed by atoms with Crippen molar-refractivity contribution in [1.29, 1.82) is 0 Å². The Kier molecular flexibility index (Phi) is 2.14. The van der Waals surface area contributed by atoms with Crippen LogP contribution >= 0.6 is 0 Å². The molecule has 2 aromatic rings. The third-order valence-corrected chi connectivity index (χ3v) is 4.71. The molecule has 21 heavy (non-hydrogen) atoms. The van der Waals surface area contributed by atoms with Crippen LogP contribution in [-0.2, 0) is 12.8 Å². The van der Waals surface area contributed by atoms with Crippen molar-refractivity contribution in [3.8, 4) is 28.4 Å². The molecule has 0 bridgehead atoms. The van der Waals surface area contributed by atoms with E-state index in [0.717, 1.165) is 42.0 Å². The van der Waals surface area contributed by atoms with E-state index in [4.69, 9.17) is 9.47 Å². The number of phenols is 1. The van der Waals surface area contributed by atoms with E-state index in [1.165, 1.54) is 16.7 Å². The summed E-state index contributed by atoms with van der Waals surface area (Å²) in [6, 6.07) is 8.07. The second-order valence-electron chi connectivity index (χ2n) is 5.86. The fourth-order valence-electron chi connectivity index (χ4n) is 3.83. The largest absolute Gasteiger partial charge is 0.508 e. The summed E-state index contributed by atoms with van der Waals surface area (Å²) in [4.78, 5) is 0. The lowest BCUT2D eigenvalue weighted by Gasteiger charge is -2.34. The van der Waals surface area contributed by atoms with Crippen molar-refractivity contribution in [1.82, 2.24) is 5.32 Å². The SMILES string of the molecule is Oc1ccc2c(c1)-c1c3c(cc4c1[C@H](C2)NCC4)OCO3. The van der Waals surface area contributed by atoms with Crippen LogP contribution in [0, 0.1) is 0 Å². The van der Waals surface area contributed by atoms with E-state index in [0.29, 0.717) is 11.8 Å². The van der Waals surface area contributed by atoms with Gasteiger partial charge in [0.15, 0.2) is 11.5 Å². The van der Waals surface area contributed by atoms with Crippen LogP contribution in [0.25, 0.3) is 11.1 Å². The average molecular weight is 281 g/mol. The Morgan fingerprint density at radius 3 is 3.05 bits per heavy atom. The van der Waals surface area contributed by atoms with Crippen LogP contribution in [0.4, 0.5) is 0 Å². The number of nitrogens with one attached hydrogen (secondary N) is 1. The zero-order valence-electron chi connectivity index (χ0n) is 11.5. The van der Waals surface area contributed by atoms with Crippen LogP contribution in [-0.4, -0.2) is 18.4 Å². The van der Waals surface area contributed by atoms with E-state index in [1.54, 1.807) is 6.07 Å². The van der Waals surface area contributed by atoms with E-state index >= 15 is 0 Å². The molecule has 4 heteroatoms. The monoisotopic (exact) mass is 281 g/mol. The summed E-state index contributed by atoms with van der Waals surface area (Å²) in [6.07, 6.45) is 1.96. The third-order valence-electron chi connectivity index (χ3n) is 4.71. The van der Waals surface area contributed by atoms with Crippen molar-refractivity contribution in [3.63, 3.8) is 0 Å². The molecule has 2 N–H and O–H groups in total. The molecule has 2 aromatic carbocycles. The maximum absolute atomic E-state index is 9.88. The van der Waals surface area contributed by atoms with Crippen LogP contribution in [0.15, 0.2) is 24.3 Å². The minimum atomic E-state index is 0.275. The summed E-state index contributed by atoms with van der Waals surface area (Å²) in [5.41, 5.74) is 6.09. The fraction of sp³-hybridized carbons (Fsp3) is 0.294. The molecule has 0 unspecified atom stereocenters. The Labute approximate surface area is 122 Å². The first-order valence-electron chi connectivity index (χ1n) is 7.32. The van der Waals surface area contributed by atoms with Crippen LogP contribution in [0.5, 0.6) is 17.2 Å². The van der Waals surface area contributed by atoms with Crippen LogP contribution in [0.3, 0.4) is 0 Å². The van der Waals surface area contributed by atoms with Gasteiger partial charge in [-0.3, -0.25) is 0 Å². The molecule has 106 valence electrons. The van der Waals surface area contributed by atoms with Gasteiger partial charge in [0.2, 0.25) is 6.79 Å². The summed E-state index contributed by atoms with van der Waals surface area (Å²) >= 11 is 0. The highest BCUT2D eigenvalue weighted by Gasteiger charge is 2.35. The van der Waals surface area contributed by atoms with Crippen molar-refractivity contribution in [2.75, 3.05) is 13.3 Å². The highest BCUT2D eigenvalue weighted by Crippen LogP contribution is 2.52. The van der Waals surface area contributed by atoms with Gasteiger partial charge in [0, 0.05) is 11.6 Å². The Hall–Kier alpha value is -2.20. The summed E-state index contributed by atoms with van der Waals surface area (Å²) in [7, 11) is 0. The predicted octanol–water partition coefficient (Wildman–Crippen LogP) is 2.53. The van der Waals surface area contributed by atoms with Crippen molar-refractivity contribution in [2.45, 2.75) is 18.9 Å². The van der Waals surface area contributed by atoms with Crippen molar-refractivity contribution in [2.24, 2.45) is 0 Å². The Morgan fingerprint density at radius 1 is 1.14 bits per heavy atom. The maximum Gasteiger partial charge on any atom is 0.231 e. The van der Waals surface area contributed by atoms with E-state index in [-0.39, 0.29) is 6.79 Å². The number of ether oxygens (including phenoxy) is 2. The average Bonchev–Trinajstić information content (AvgIpc) is 2.95. The van der Waals surface area contributed by atoms with Gasteiger partial charge in [0.1, 0.15) is 5.75 Å². The first kappa shape index (κ1) is 11.5.